The summed E-state index contributed by atoms with van der Waals surface area (Å²) in [6.45, 7) is 1.12. The van der Waals surface area contributed by atoms with E-state index in [1.54, 1.807) is 0 Å². The van der Waals surface area contributed by atoms with Crippen LogP contribution in [0.3, 0.4) is 0 Å². The van der Waals surface area contributed by atoms with Crippen LogP contribution in [0.25, 0.3) is 0 Å². The Labute approximate surface area is 80.1 Å². The van der Waals surface area contributed by atoms with Gasteiger partial charge in [-0.25, -0.2) is 0 Å². The van der Waals surface area contributed by atoms with Crippen LogP contribution in [0.5, 0.6) is 0 Å². The van der Waals surface area contributed by atoms with Crippen molar-refractivity contribution in [1.29, 1.82) is 0 Å². The number of Topliss-reactive ketones (excluding diaryl/α,β-unsaturated/α-hetero) is 1. The van der Waals surface area contributed by atoms with E-state index in [1.807, 2.05) is 0 Å². The molecule has 13 heavy (non-hydrogen) atoms. The van der Waals surface area contributed by atoms with Crippen molar-refractivity contribution in [3.8, 4) is 0 Å². The quantitative estimate of drug-likeness (QED) is 0.626. The van der Waals surface area contributed by atoms with Gasteiger partial charge in [0.05, 0.1) is 0 Å². The molecular formula is C11H19NO. The van der Waals surface area contributed by atoms with Crippen LogP contribution in [0.2, 0.25) is 0 Å². The summed E-state index contributed by atoms with van der Waals surface area (Å²) in [4.78, 5) is 11.8. The molecule has 0 amide bonds. The minimum Gasteiger partial charge on any atom is -0.313 e. The third-order valence-corrected chi connectivity index (χ3v) is 3.44. The van der Waals surface area contributed by atoms with Gasteiger partial charge in [0.15, 0.2) is 0 Å². The average molecular weight is 181 g/mol. The van der Waals surface area contributed by atoms with E-state index in [9.17, 15) is 4.79 Å². The Morgan fingerprint density at radius 1 is 1.08 bits per heavy atom. The van der Waals surface area contributed by atoms with Crippen LogP contribution in [0.15, 0.2) is 0 Å². The summed E-state index contributed by atoms with van der Waals surface area (Å²) in [6.07, 6.45) is 8.09. The molecule has 2 fully saturated rings. The maximum atomic E-state index is 11.8. The predicted octanol–water partition coefficient (Wildman–Crippen LogP) is 1.89. The van der Waals surface area contributed by atoms with Crippen molar-refractivity contribution in [2.45, 2.75) is 51.0 Å². The van der Waals surface area contributed by atoms with E-state index < -0.39 is 0 Å². The van der Waals surface area contributed by atoms with E-state index in [1.165, 1.54) is 25.7 Å². The fraction of sp³-hybridized carbons (Fsp3) is 0.909. The fourth-order valence-corrected chi connectivity index (χ4v) is 2.67. The second kappa shape index (κ2) is 4.23. The molecular weight excluding hydrogens is 162 g/mol. The smallest absolute Gasteiger partial charge is 0.137 e. The van der Waals surface area contributed by atoms with Crippen molar-refractivity contribution in [3.05, 3.63) is 0 Å². The minimum absolute atomic E-state index is 0.352. The highest BCUT2D eigenvalue weighted by Gasteiger charge is 2.30. The van der Waals surface area contributed by atoms with Gasteiger partial charge >= 0.3 is 0 Å². The monoisotopic (exact) mass is 181 g/mol. The Morgan fingerprint density at radius 2 is 2.00 bits per heavy atom. The van der Waals surface area contributed by atoms with Crippen LogP contribution in [-0.2, 0) is 4.79 Å². The Kier molecular flexibility index (Phi) is 2.99. The molecule has 0 radical (unpaired) electrons. The van der Waals surface area contributed by atoms with Crippen LogP contribution in [0, 0.1) is 5.92 Å². The maximum absolute atomic E-state index is 11.8. The molecule has 2 atom stereocenters. The van der Waals surface area contributed by atoms with E-state index in [4.69, 9.17) is 0 Å². The molecule has 2 nitrogen and oxygen atoms in total. The summed E-state index contributed by atoms with van der Waals surface area (Å²) in [5.41, 5.74) is 0. The van der Waals surface area contributed by atoms with Crippen LogP contribution < -0.4 is 5.32 Å². The Balaban J connectivity index is 1.97. The number of carbonyl (C=O) groups excluding carboxylic acids is 1. The number of ketones is 1. The topological polar surface area (TPSA) is 29.1 Å². The lowest BCUT2D eigenvalue weighted by Crippen LogP contribution is -2.34. The zero-order valence-corrected chi connectivity index (χ0v) is 8.22. The molecule has 1 aliphatic heterocycles. The Morgan fingerprint density at radius 3 is 2.77 bits per heavy atom. The molecule has 2 unspecified atom stereocenters. The number of hydrogen-bond acceptors (Lipinski definition) is 2. The Bertz CT molecular complexity index is 185. The van der Waals surface area contributed by atoms with Gasteiger partial charge in [-0.3, -0.25) is 4.79 Å². The van der Waals surface area contributed by atoms with Gasteiger partial charge in [-0.15, -0.1) is 0 Å². The lowest BCUT2D eigenvalue weighted by molar-refractivity contribution is -0.123. The molecule has 0 spiro atoms. The first-order valence-corrected chi connectivity index (χ1v) is 5.64. The maximum Gasteiger partial charge on any atom is 0.137 e. The predicted molar refractivity (Wildman–Crippen MR) is 52.6 cm³/mol. The van der Waals surface area contributed by atoms with Crippen molar-refractivity contribution in [3.63, 3.8) is 0 Å². The van der Waals surface area contributed by atoms with Crippen molar-refractivity contribution >= 4 is 5.78 Å². The largest absolute Gasteiger partial charge is 0.313 e. The van der Waals surface area contributed by atoms with Crippen LogP contribution in [0.4, 0.5) is 0 Å². The molecule has 1 N–H and O–H groups in total. The van der Waals surface area contributed by atoms with Crippen molar-refractivity contribution in [1.82, 2.24) is 5.32 Å². The van der Waals surface area contributed by atoms with Gasteiger partial charge in [0.2, 0.25) is 0 Å². The lowest BCUT2D eigenvalue weighted by Gasteiger charge is -2.20. The van der Waals surface area contributed by atoms with E-state index in [-0.39, 0.29) is 0 Å². The van der Waals surface area contributed by atoms with Crippen molar-refractivity contribution in [2.75, 3.05) is 6.54 Å². The molecule has 1 saturated heterocycles. The average Bonchev–Trinajstić information content (AvgIpc) is 2.56. The van der Waals surface area contributed by atoms with E-state index in [0.29, 0.717) is 17.7 Å². The first kappa shape index (κ1) is 9.20. The van der Waals surface area contributed by atoms with Crippen LogP contribution in [-0.4, -0.2) is 18.4 Å². The molecule has 2 rings (SSSR count). The summed E-state index contributed by atoms with van der Waals surface area (Å²) in [7, 11) is 0. The van der Waals surface area contributed by atoms with Gasteiger partial charge in [0, 0.05) is 18.4 Å². The van der Waals surface area contributed by atoms with Gasteiger partial charge in [-0.1, -0.05) is 12.8 Å². The van der Waals surface area contributed by atoms with Gasteiger partial charge in [0.25, 0.3) is 0 Å². The highest BCUT2D eigenvalue weighted by molar-refractivity contribution is 5.81. The Hall–Kier alpha value is -0.370. The van der Waals surface area contributed by atoms with E-state index in [0.717, 1.165) is 25.8 Å². The first-order valence-electron chi connectivity index (χ1n) is 5.64. The molecule has 1 aliphatic carbocycles. The second-order valence-electron chi connectivity index (χ2n) is 4.37. The van der Waals surface area contributed by atoms with Gasteiger partial charge in [-0.2, -0.15) is 0 Å². The number of hydrogen-bond donors (Lipinski definition) is 1. The summed E-state index contributed by atoms with van der Waals surface area (Å²) in [5, 5.41) is 3.46. The third kappa shape index (κ3) is 2.11. The van der Waals surface area contributed by atoms with E-state index in [2.05, 4.69) is 5.32 Å². The second-order valence-corrected chi connectivity index (χ2v) is 4.37. The molecule has 0 aromatic rings. The molecule has 2 heteroatoms. The third-order valence-electron chi connectivity index (χ3n) is 3.44. The van der Waals surface area contributed by atoms with Gasteiger partial charge < -0.3 is 5.32 Å². The minimum atomic E-state index is 0.352. The van der Waals surface area contributed by atoms with Crippen LogP contribution >= 0.6 is 0 Å². The zero-order chi connectivity index (χ0) is 9.10. The standard InChI is InChI=1S/C11H19NO/c13-11-7-3-1-2-5-9(11)10-6-4-8-12-10/h9-10,12H,1-8H2. The fourth-order valence-electron chi connectivity index (χ4n) is 2.67. The molecule has 0 aromatic heterocycles. The molecule has 1 heterocycles. The first-order chi connectivity index (χ1) is 6.38. The molecule has 2 aliphatic rings. The van der Waals surface area contributed by atoms with Crippen LogP contribution in [0.1, 0.15) is 44.9 Å². The summed E-state index contributed by atoms with van der Waals surface area (Å²) >= 11 is 0. The van der Waals surface area contributed by atoms with Crippen molar-refractivity contribution < 1.29 is 4.79 Å². The highest BCUT2D eigenvalue weighted by atomic mass is 16.1. The van der Waals surface area contributed by atoms with E-state index >= 15 is 0 Å². The number of rotatable bonds is 1. The zero-order valence-electron chi connectivity index (χ0n) is 8.22. The highest BCUT2D eigenvalue weighted by Crippen LogP contribution is 2.26. The number of carbonyl (C=O) groups is 1. The normalized spacial score (nSPS) is 36.2. The molecule has 0 aromatic carbocycles. The summed E-state index contributed by atoms with van der Waals surface area (Å²) in [5.74, 6) is 0.877. The van der Waals surface area contributed by atoms with Gasteiger partial charge in [0.1, 0.15) is 5.78 Å². The summed E-state index contributed by atoms with van der Waals surface area (Å²) < 4.78 is 0. The number of nitrogens with one attached hydrogen (secondary N) is 1. The molecule has 0 bridgehead atoms. The SMILES string of the molecule is O=C1CCCCCC1C1CCCN1. The molecule has 1 saturated carbocycles. The van der Waals surface area contributed by atoms with Gasteiger partial charge in [-0.05, 0) is 32.2 Å². The molecule has 74 valence electrons. The lowest BCUT2D eigenvalue weighted by atomic mass is 9.90. The summed E-state index contributed by atoms with van der Waals surface area (Å²) in [6, 6.07) is 0.519. The van der Waals surface area contributed by atoms with Crippen molar-refractivity contribution in [2.24, 2.45) is 5.92 Å².